The smallest absolute Gasteiger partial charge is 0.348 e. The molecule has 0 aliphatic heterocycles. The van der Waals surface area contributed by atoms with Crippen molar-refractivity contribution in [1.82, 2.24) is 0 Å². The van der Waals surface area contributed by atoms with Crippen molar-refractivity contribution in [2.75, 3.05) is 25.6 Å². The van der Waals surface area contributed by atoms with E-state index in [4.69, 9.17) is 14.2 Å². The van der Waals surface area contributed by atoms with Gasteiger partial charge in [-0.25, -0.2) is 4.79 Å². The Morgan fingerprint density at radius 1 is 1.03 bits per heavy atom. The topological polar surface area (TPSA) is 97.7 Å². The van der Waals surface area contributed by atoms with E-state index >= 15 is 0 Å². The van der Waals surface area contributed by atoms with Crippen LogP contribution in [0, 0.1) is 29.1 Å². The minimum absolute atomic E-state index is 0.115. The van der Waals surface area contributed by atoms with Crippen LogP contribution in [-0.2, 0) is 19.7 Å². The molecule has 4 bridgehead atoms. The number of hydrogen-bond acceptors (Lipinski definition) is 6. The van der Waals surface area contributed by atoms with Crippen LogP contribution >= 0.6 is 0 Å². The van der Waals surface area contributed by atoms with Crippen LogP contribution in [0.25, 0.3) is 6.08 Å². The summed E-state index contributed by atoms with van der Waals surface area (Å²) in [6, 6.07) is 15.2. The molecule has 7 nitrogen and oxygen atoms in total. The molecule has 0 radical (unpaired) electrons. The van der Waals surface area contributed by atoms with Crippen LogP contribution in [-0.4, -0.2) is 32.2 Å². The molecule has 0 aromatic heterocycles. The summed E-state index contributed by atoms with van der Waals surface area (Å²) in [5.41, 5.74) is 2.97. The number of nitrogens with zero attached hydrogens (tertiary/aromatic N) is 1. The summed E-state index contributed by atoms with van der Waals surface area (Å²) in [5.74, 6) is 2.49. The normalized spacial score (nSPS) is 25.4. The minimum Gasteiger partial charge on any atom is -0.493 e. The van der Waals surface area contributed by atoms with E-state index in [9.17, 15) is 14.9 Å². The monoisotopic (exact) mass is 514 g/mol. The van der Waals surface area contributed by atoms with Crippen LogP contribution in [0.5, 0.6) is 11.5 Å². The quantitative estimate of drug-likeness (QED) is 0.264. The summed E-state index contributed by atoms with van der Waals surface area (Å²) < 4.78 is 16.0. The summed E-state index contributed by atoms with van der Waals surface area (Å²) in [4.78, 5) is 24.5. The molecule has 4 saturated carbocycles. The van der Waals surface area contributed by atoms with E-state index in [0.29, 0.717) is 22.5 Å². The summed E-state index contributed by atoms with van der Waals surface area (Å²) in [6.45, 7) is 1.67. The highest BCUT2D eigenvalue weighted by atomic mass is 16.5. The third-order valence-electron chi connectivity index (χ3n) is 8.29. The number of benzene rings is 2. The summed E-state index contributed by atoms with van der Waals surface area (Å²) in [5, 5.41) is 12.2. The Bertz CT molecular complexity index is 1240. The number of anilines is 1. The second kappa shape index (κ2) is 10.9. The lowest BCUT2D eigenvalue weighted by atomic mass is 9.48. The molecule has 38 heavy (non-hydrogen) atoms. The van der Waals surface area contributed by atoms with Crippen LogP contribution in [0.3, 0.4) is 0 Å². The molecule has 4 aliphatic carbocycles. The van der Waals surface area contributed by atoms with Crippen LogP contribution in [0.4, 0.5) is 5.69 Å². The Kier molecular flexibility index (Phi) is 7.42. The highest BCUT2D eigenvalue weighted by Crippen LogP contribution is 2.60. The van der Waals surface area contributed by atoms with Crippen molar-refractivity contribution in [3.05, 3.63) is 59.2 Å². The van der Waals surface area contributed by atoms with Gasteiger partial charge < -0.3 is 19.5 Å². The number of hydrogen-bond donors (Lipinski definition) is 1. The molecule has 0 unspecified atom stereocenters. The van der Waals surface area contributed by atoms with Crippen LogP contribution in [0.15, 0.2) is 48.0 Å². The zero-order valence-electron chi connectivity index (χ0n) is 22.0. The lowest BCUT2D eigenvalue weighted by molar-refractivity contribution is -0.137. The molecule has 0 spiro atoms. The third kappa shape index (κ3) is 5.40. The van der Waals surface area contributed by atoms with Gasteiger partial charge in [0.1, 0.15) is 11.6 Å². The molecule has 1 amide bonds. The number of nitrogens with one attached hydrogen (secondary N) is 1. The van der Waals surface area contributed by atoms with Gasteiger partial charge in [0.05, 0.1) is 13.7 Å². The molecule has 4 fully saturated rings. The van der Waals surface area contributed by atoms with E-state index in [-0.39, 0.29) is 24.7 Å². The zero-order valence-corrected chi connectivity index (χ0v) is 22.0. The molecule has 198 valence electrons. The molecule has 7 heteroatoms. The first kappa shape index (κ1) is 25.8. The van der Waals surface area contributed by atoms with Gasteiger partial charge in [0.15, 0.2) is 18.1 Å². The fourth-order valence-electron chi connectivity index (χ4n) is 7.12. The fourth-order valence-corrected chi connectivity index (χ4v) is 7.12. The van der Waals surface area contributed by atoms with E-state index in [1.807, 2.05) is 18.2 Å². The maximum atomic E-state index is 12.6. The Morgan fingerprint density at radius 3 is 2.26 bits per heavy atom. The molecule has 2 aromatic rings. The number of ether oxygens (including phenoxy) is 3. The molecule has 0 atom stereocenters. The average Bonchev–Trinajstić information content (AvgIpc) is 2.90. The molecule has 4 aliphatic rings. The number of carbonyl (C=O) groups is 2. The molecule has 6 rings (SSSR count). The largest absolute Gasteiger partial charge is 0.493 e. The van der Waals surface area contributed by atoms with E-state index in [1.54, 1.807) is 25.1 Å². The molecular formula is C31H34N2O5. The van der Waals surface area contributed by atoms with Crippen molar-refractivity contribution in [3.63, 3.8) is 0 Å². The highest BCUT2D eigenvalue weighted by Gasteiger charge is 2.51. The van der Waals surface area contributed by atoms with E-state index in [1.165, 1.54) is 57.3 Å². The van der Waals surface area contributed by atoms with Gasteiger partial charge in [-0.15, -0.1) is 0 Å². The number of esters is 1. The highest BCUT2D eigenvalue weighted by molar-refractivity contribution is 5.98. The van der Waals surface area contributed by atoms with E-state index < -0.39 is 5.97 Å². The molecule has 1 N–H and O–H groups in total. The van der Waals surface area contributed by atoms with Gasteiger partial charge in [-0.3, -0.25) is 4.79 Å². The first-order chi connectivity index (χ1) is 18.4. The molecular weight excluding hydrogens is 480 g/mol. The third-order valence-corrected chi connectivity index (χ3v) is 8.29. The summed E-state index contributed by atoms with van der Waals surface area (Å²) in [7, 11) is 1.48. The van der Waals surface area contributed by atoms with Gasteiger partial charge in [0.2, 0.25) is 0 Å². The average molecular weight is 515 g/mol. The molecule has 0 heterocycles. The minimum atomic E-state index is -0.683. The Hall–Kier alpha value is -3.79. The Balaban J connectivity index is 1.19. The van der Waals surface area contributed by atoms with Crippen molar-refractivity contribution in [1.29, 1.82) is 5.26 Å². The van der Waals surface area contributed by atoms with Gasteiger partial charge in [0, 0.05) is 5.69 Å². The van der Waals surface area contributed by atoms with Crippen LogP contribution < -0.4 is 14.8 Å². The predicted molar refractivity (Wildman–Crippen MR) is 144 cm³/mol. The molecule has 0 saturated heterocycles. The maximum absolute atomic E-state index is 12.6. The standard InChI is InChI=1S/C31H34N2O5/c1-3-37-30(35)24(18-32)13-20-4-9-27(28(14-20)36-2)38-19-29(34)33-26-7-5-25(6-8-26)31-15-21-10-22(16-31)12-23(11-21)17-31/h4-9,13-14,21-23H,3,10-12,15-17,19H2,1-2H3,(H,33,34)/b24-13-. The Morgan fingerprint density at radius 2 is 1.68 bits per heavy atom. The SMILES string of the molecule is CCOC(=O)/C(C#N)=C\c1ccc(OCC(=O)Nc2ccc(C34CC5CC(CC(C5)C3)C4)cc2)c(OC)c1. The van der Waals surface area contributed by atoms with Crippen molar-refractivity contribution in [3.8, 4) is 17.6 Å². The van der Waals surface area contributed by atoms with Crippen molar-refractivity contribution in [2.24, 2.45) is 17.8 Å². The van der Waals surface area contributed by atoms with Crippen molar-refractivity contribution in [2.45, 2.75) is 50.9 Å². The van der Waals surface area contributed by atoms with Gasteiger partial charge in [-0.2, -0.15) is 5.26 Å². The van der Waals surface area contributed by atoms with Gasteiger partial charge >= 0.3 is 5.97 Å². The van der Waals surface area contributed by atoms with Crippen molar-refractivity contribution >= 4 is 23.6 Å². The van der Waals surface area contributed by atoms with Gasteiger partial charge in [-0.1, -0.05) is 18.2 Å². The first-order valence-corrected chi connectivity index (χ1v) is 13.4. The zero-order chi connectivity index (χ0) is 26.7. The summed E-state index contributed by atoms with van der Waals surface area (Å²) in [6.07, 6.45) is 9.63. The second-order valence-corrected chi connectivity index (χ2v) is 10.9. The predicted octanol–water partition coefficient (Wildman–Crippen LogP) is 5.65. The number of carbonyl (C=O) groups excluding carboxylic acids is 2. The molecule has 2 aromatic carbocycles. The van der Waals surface area contributed by atoms with Crippen LogP contribution in [0.2, 0.25) is 0 Å². The maximum Gasteiger partial charge on any atom is 0.348 e. The number of rotatable bonds is 9. The van der Waals surface area contributed by atoms with E-state index in [0.717, 1.165) is 23.4 Å². The lowest BCUT2D eigenvalue weighted by Crippen LogP contribution is -2.48. The van der Waals surface area contributed by atoms with Crippen molar-refractivity contribution < 1.29 is 23.8 Å². The van der Waals surface area contributed by atoms with Gasteiger partial charge in [-0.05, 0) is 110 Å². The fraction of sp³-hybridized carbons (Fsp3) is 0.452. The van der Waals surface area contributed by atoms with E-state index in [2.05, 4.69) is 17.4 Å². The number of nitriles is 1. The van der Waals surface area contributed by atoms with Gasteiger partial charge in [0.25, 0.3) is 5.91 Å². The first-order valence-electron chi connectivity index (χ1n) is 13.4. The number of methoxy groups -OCH3 is 1. The summed E-state index contributed by atoms with van der Waals surface area (Å²) >= 11 is 0. The number of amides is 1. The van der Waals surface area contributed by atoms with Crippen LogP contribution in [0.1, 0.15) is 56.6 Å². The lowest BCUT2D eigenvalue weighted by Gasteiger charge is -2.57. The Labute approximate surface area is 223 Å². The second-order valence-electron chi connectivity index (χ2n) is 10.9.